The highest BCUT2D eigenvalue weighted by molar-refractivity contribution is 5.34. The lowest BCUT2D eigenvalue weighted by atomic mass is 10.4. The van der Waals surface area contributed by atoms with E-state index in [0.29, 0.717) is 5.75 Å². The molecule has 2 aromatic rings. The predicted molar refractivity (Wildman–Crippen MR) is 50.1 cm³/mol. The number of nitrogens with two attached hydrogens (primary N) is 1. The van der Waals surface area contributed by atoms with Gasteiger partial charge in [-0.2, -0.15) is 0 Å². The summed E-state index contributed by atoms with van der Waals surface area (Å²) in [5, 5.41) is 3.94. The normalized spacial score (nSPS) is 10.1. The van der Waals surface area contributed by atoms with E-state index >= 15 is 0 Å². The first kappa shape index (κ1) is 8.49. The third-order valence-electron chi connectivity index (χ3n) is 1.71. The van der Waals surface area contributed by atoms with E-state index in [1.165, 1.54) is 11.0 Å². The molecule has 0 saturated carbocycles. The lowest BCUT2D eigenvalue weighted by Crippen LogP contribution is -1.97. The van der Waals surface area contributed by atoms with Crippen molar-refractivity contribution in [3.63, 3.8) is 0 Å². The molecule has 2 N–H and O–H groups in total. The molecule has 0 saturated heterocycles. The summed E-state index contributed by atoms with van der Waals surface area (Å²) in [6, 6.07) is 1.79. The highest BCUT2D eigenvalue weighted by atomic mass is 16.5. The van der Waals surface area contributed by atoms with E-state index in [2.05, 4.69) is 15.1 Å². The van der Waals surface area contributed by atoms with E-state index in [0.717, 1.165) is 5.69 Å². The van der Waals surface area contributed by atoms with Crippen molar-refractivity contribution >= 4 is 5.95 Å². The van der Waals surface area contributed by atoms with Crippen LogP contribution in [-0.2, 0) is 0 Å². The van der Waals surface area contributed by atoms with E-state index in [-0.39, 0.29) is 5.95 Å². The molecule has 0 aliphatic carbocycles. The Morgan fingerprint density at radius 1 is 1.43 bits per heavy atom. The van der Waals surface area contributed by atoms with Crippen molar-refractivity contribution in [2.45, 2.75) is 0 Å². The molecule has 0 spiro atoms. The number of methoxy groups -OCH3 is 1. The zero-order chi connectivity index (χ0) is 9.97. The van der Waals surface area contributed by atoms with Crippen molar-refractivity contribution in [1.82, 2.24) is 19.7 Å². The van der Waals surface area contributed by atoms with Gasteiger partial charge in [0, 0.05) is 6.07 Å². The van der Waals surface area contributed by atoms with Gasteiger partial charge in [-0.25, -0.2) is 9.67 Å². The summed E-state index contributed by atoms with van der Waals surface area (Å²) < 4.78 is 6.56. The standard InChI is InChI=1S/C8H9N5O/c1-14-7-2-6(3-10-4-7)13-5-11-8(9)12-13/h2-5H,1H3,(H2,9,12). The van der Waals surface area contributed by atoms with E-state index < -0.39 is 0 Å². The van der Waals surface area contributed by atoms with Crippen LogP contribution in [0.1, 0.15) is 0 Å². The maximum absolute atomic E-state index is 5.39. The first-order valence-electron chi connectivity index (χ1n) is 3.96. The van der Waals surface area contributed by atoms with Crippen LogP contribution in [-0.4, -0.2) is 26.9 Å². The Kier molecular flexibility index (Phi) is 2.02. The Hall–Kier alpha value is -2.11. The average molecular weight is 191 g/mol. The summed E-state index contributed by atoms with van der Waals surface area (Å²) in [6.07, 6.45) is 4.78. The fraction of sp³-hybridized carbons (Fsp3) is 0.125. The fourth-order valence-electron chi connectivity index (χ4n) is 1.04. The number of pyridine rings is 1. The van der Waals surface area contributed by atoms with Crippen molar-refractivity contribution in [3.8, 4) is 11.4 Å². The quantitative estimate of drug-likeness (QED) is 0.736. The molecule has 72 valence electrons. The third kappa shape index (κ3) is 1.49. The number of rotatable bonds is 2. The van der Waals surface area contributed by atoms with Crippen LogP contribution in [0, 0.1) is 0 Å². The van der Waals surface area contributed by atoms with E-state index in [9.17, 15) is 0 Å². The second-order valence-electron chi connectivity index (χ2n) is 2.63. The molecule has 0 radical (unpaired) electrons. The Bertz CT molecular complexity index is 439. The fourth-order valence-corrected chi connectivity index (χ4v) is 1.04. The van der Waals surface area contributed by atoms with Crippen LogP contribution in [0.5, 0.6) is 5.75 Å². The van der Waals surface area contributed by atoms with Gasteiger partial charge in [0.2, 0.25) is 5.95 Å². The van der Waals surface area contributed by atoms with Crippen molar-refractivity contribution in [2.75, 3.05) is 12.8 Å². The molecule has 14 heavy (non-hydrogen) atoms. The minimum Gasteiger partial charge on any atom is -0.495 e. The van der Waals surface area contributed by atoms with Crippen LogP contribution in [0.2, 0.25) is 0 Å². The number of nitrogens with zero attached hydrogens (tertiary/aromatic N) is 4. The van der Waals surface area contributed by atoms with Crippen molar-refractivity contribution in [2.24, 2.45) is 0 Å². The molecule has 2 aromatic heterocycles. The summed E-state index contributed by atoms with van der Waals surface area (Å²) in [5.74, 6) is 0.893. The molecular weight excluding hydrogens is 182 g/mol. The molecule has 0 unspecified atom stereocenters. The van der Waals surface area contributed by atoms with Gasteiger partial charge >= 0.3 is 0 Å². The molecule has 0 amide bonds. The monoisotopic (exact) mass is 191 g/mol. The number of nitrogen functional groups attached to an aromatic ring is 1. The molecule has 0 aliphatic heterocycles. The molecule has 0 fully saturated rings. The lowest BCUT2D eigenvalue weighted by Gasteiger charge is -2.02. The second kappa shape index (κ2) is 3.33. The molecular formula is C8H9N5O. The van der Waals surface area contributed by atoms with Gasteiger partial charge in [-0.1, -0.05) is 0 Å². The zero-order valence-electron chi connectivity index (χ0n) is 7.58. The van der Waals surface area contributed by atoms with Gasteiger partial charge in [0.15, 0.2) is 0 Å². The van der Waals surface area contributed by atoms with Gasteiger partial charge in [0.05, 0.1) is 25.2 Å². The second-order valence-corrected chi connectivity index (χ2v) is 2.63. The smallest absolute Gasteiger partial charge is 0.239 e. The van der Waals surface area contributed by atoms with Gasteiger partial charge in [-0.15, -0.1) is 5.10 Å². The molecule has 0 aromatic carbocycles. The number of hydrogen-bond donors (Lipinski definition) is 1. The molecule has 2 heterocycles. The van der Waals surface area contributed by atoms with Gasteiger partial charge < -0.3 is 10.5 Å². The first-order valence-corrected chi connectivity index (χ1v) is 3.96. The topological polar surface area (TPSA) is 78.8 Å². The van der Waals surface area contributed by atoms with Crippen LogP contribution in [0.3, 0.4) is 0 Å². The zero-order valence-corrected chi connectivity index (χ0v) is 7.58. The predicted octanol–water partition coefficient (Wildman–Crippen LogP) is 0.253. The maximum Gasteiger partial charge on any atom is 0.239 e. The average Bonchev–Trinajstić information content (AvgIpc) is 2.65. The van der Waals surface area contributed by atoms with Gasteiger partial charge in [-0.05, 0) is 0 Å². The Balaban J connectivity index is 2.41. The third-order valence-corrected chi connectivity index (χ3v) is 1.71. The molecule has 0 atom stereocenters. The van der Waals surface area contributed by atoms with Gasteiger partial charge in [0.25, 0.3) is 0 Å². The lowest BCUT2D eigenvalue weighted by molar-refractivity contribution is 0.412. The molecule has 2 rings (SSSR count). The number of hydrogen-bond acceptors (Lipinski definition) is 5. The minimum atomic E-state index is 0.229. The minimum absolute atomic E-state index is 0.229. The largest absolute Gasteiger partial charge is 0.495 e. The van der Waals surface area contributed by atoms with Crippen molar-refractivity contribution in [1.29, 1.82) is 0 Å². The SMILES string of the molecule is COc1cncc(-n2cnc(N)n2)c1. The van der Waals surface area contributed by atoms with Crippen LogP contribution in [0.15, 0.2) is 24.8 Å². The van der Waals surface area contributed by atoms with Gasteiger partial charge in [0.1, 0.15) is 12.1 Å². The highest BCUT2D eigenvalue weighted by Gasteiger charge is 2.01. The molecule has 6 heteroatoms. The summed E-state index contributed by atoms with van der Waals surface area (Å²) in [6.45, 7) is 0. The van der Waals surface area contributed by atoms with E-state index in [1.54, 1.807) is 25.6 Å². The number of aromatic nitrogens is 4. The van der Waals surface area contributed by atoms with Crippen molar-refractivity contribution < 1.29 is 4.74 Å². The van der Waals surface area contributed by atoms with E-state index in [1.807, 2.05) is 0 Å². The molecule has 0 bridgehead atoms. The summed E-state index contributed by atoms with van der Waals surface area (Å²) in [4.78, 5) is 7.80. The first-order chi connectivity index (χ1) is 6.79. The van der Waals surface area contributed by atoms with Gasteiger partial charge in [-0.3, -0.25) is 4.98 Å². The summed E-state index contributed by atoms with van der Waals surface area (Å²) >= 11 is 0. The molecule has 0 aliphatic rings. The summed E-state index contributed by atoms with van der Waals surface area (Å²) in [7, 11) is 1.58. The van der Waals surface area contributed by atoms with Crippen LogP contribution in [0.4, 0.5) is 5.95 Å². The Labute approximate surface area is 80.4 Å². The highest BCUT2D eigenvalue weighted by Crippen LogP contribution is 2.13. The van der Waals surface area contributed by atoms with Crippen LogP contribution >= 0.6 is 0 Å². The number of anilines is 1. The summed E-state index contributed by atoms with van der Waals surface area (Å²) in [5.41, 5.74) is 6.15. The Morgan fingerprint density at radius 2 is 2.29 bits per heavy atom. The van der Waals surface area contributed by atoms with Crippen molar-refractivity contribution in [3.05, 3.63) is 24.8 Å². The maximum atomic E-state index is 5.39. The number of ether oxygens (including phenoxy) is 1. The van der Waals surface area contributed by atoms with Crippen LogP contribution < -0.4 is 10.5 Å². The van der Waals surface area contributed by atoms with E-state index in [4.69, 9.17) is 10.5 Å². The molecule has 6 nitrogen and oxygen atoms in total. The Morgan fingerprint density at radius 3 is 2.93 bits per heavy atom. The van der Waals surface area contributed by atoms with Crippen LogP contribution in [0.25, 0.3) is 5.69 Å².